The summed E-state index contributed by atoms with van der Waals surface area (Å²) in [6.07, 6.45) is 0. The van der Waals surface area contributed by atoms with Gasteiger partial charge in [0.15, 0.2) is 5.88 Å². The van der Waals surface area contributed by atoms with Gasteiger partial charge in [0, 0.05) is 17.5 Å². The number of hydrogen-bond acceptors (Lipinski definition) is 4. The number of nitrogens with two attached hydrogens (primary N) is 2. The first kappa shape index (κ1) is 12.3. The molecule has 1 heterocycles. The fourth-order valence-electron chi connectivity index (χ4n) is 2.32. The molecule has 5 nitrogen and oxygen atoms in total. The second-order valence-corrected chi connectivity index (χ2v) is 4.69. The lowest BCUT2D eigenvalue weighted by molar-refractivity contribution is -0.115. The molecule has 1 aliphatic heterocycles. The summed E-state index contributed by atoms with van der Waals surface area (Å²) in [4.78, 5) is 11.5. The van der Waals surface area contributed by atoms with E-state index < -0.39 is 5.91 Å². The molecule has 1 aliphatic rings. The van der Waals surface area contributed by atoms with E-state index in [0.29, 0.717) is 11.3 Å². The summed E-state index contributed by atoms with van der Waals surface area (Å²) in [6, 6.07) is 4.76. The first-order valence-corrected chi connectivity index (χ1v) is 5.72. The number of fused-ring (bicyclic) bond motifs is 1. The largest absolute Gasteiger partial charge is 0.508 e. The third-order valence-corrected chi connectivity index (χ3v) is 3.06. The van der Waals surface area contributed by atoms with Crippen molar-refractivity contribution in [2.24, 2.45) is 17.4 Å². The summed E-state index contributed by atoms with van der Waals surface area (Å²) in [5.41, 5.74) is 12.2. The number of carbonyl (C=O) groups is 1. The predicted molar refractivity (Wildman–Crippen MR) is 66.7 cm³/mol. The lowest BCUT2D eigenvalue weighted by Crippen LogP contribution is -2.31. The van der Waals surface area contributed by atoms with Gasteiger partial charge in [-0.25, -0.2) is 0 Å². The van der Waals surface area contributed by atoms with E-state index >= 15 is 0 Å². The number of hydrogen-bond donors (Lipinski definition) is 3. The molecule has 0 saturated carbocycles. The number of phenolic OH excluding ortho intramolecular Hbond substituents is 1. The summed E-state index contributed by atoms with van der Waals surface area (Å²) in [5, 5.41) is 9.45. The Kier molecular flexibility index (Phi) is 2.90. The maximum Gasteiger partial charge on any atom is 0.250 e. The zero-order valence-corrected chi connectivity index (χ0v) is 10.3. The molecule has 1 atom stereocenters. The smallest absolute Gasteiger partial charge is 0.250 e. The number of phenols is 1. The number of ether oxygens (including phenoxy) is 1. The summed E-state index contributed by atoms with van der Waals surface area (Å²) < 4.78 is 5.36. The molecule has 2 rings (SSSR count). The van der Waals surface area contributed by atoms with Crippen LogP contribution in [-0.2, 0) is 4.79 Å². The van der Waals surface area contributed by atoms with E-state index in [1.807, 2.05) is 13.8 Å². The van der Waals surface area contributed by atoms with E-state index in [-0.39, 0.29) is 23.5 Å². The van der Waals surface area contributed by atoms with E-state index in [2.05, 4.69) is 0 Å². The fraction of sp³-hybridized carbons (Fsp3) is 0.308. The number of aromatic hydroxyl groups is 1. The van der Waals surface area contributed by atoms with Gasteiger partial charge in [0.2, 0.25) is 0 Å². The highest BCUT2D eigenvalue weighted by Gasteiger charge is 2.34. The minimum absolute atomic E-state index is 0.0132. The zero-order chi connectivity index (χ0) is 13.4. The summed E-state index contributed by atoms with van der Waals surface area (Å²) in [6.45, 7) is 3.95. The van der Waals surface area contributed by atoms with Crippen LogP contribution in [0.15, 0.2) is 29.7 Å². The molecule has 96 valence electrons. The van der Waals surface area contributed by atoms with Gasteiger partial charge >= 0.3 is 0 Å². The van der Waals surface area contributed by atoms with Crippen LogP contribution in [0.3, 0.4) is 0 Å². The molecular formula is C13H16N2O3. The normalized spacial score (nSPS) is 18.5. The summed E-state index contributed by atoms with van der Waals surface area (Å²) in [7, 11) is 0. The van der Waals surface area contributed by atoms with Crippen molar-refractivity contribution in [3.8, 4) is 11.5 Å². The van der Waals surface area contributed by atoms with Gasteiger partial charge in [-0.1, -0.05) is 19.9 Å². The third-order valence-electron chi connectivity index (χ3n) is 3.06. The lowest BCUT2D eigenvalue weighted by Gasteiger charge is -2.30. The van der Waals surface area contributed by atoms with Crippen molar-refractivity contribution in [1.82, 2.24) is 0 Å². The minimum Gasteiger partial charge on any atom is -0.508 e. The van der Waals surface area contributed by atoms with E-state index in [1.54, 1.807) is 12.1 Å². The highest BCUT2D eigenvalue weighted by Crippen LogP contribution is 2.43. The van der Waals surface area contributed by atoms with Crippen LogP contribution < -0.4 is 16.2 Å². The van der Waals surface area contributed by atoms with E-state index in [9.17, 15) is 9.90 Å². The molecule has 0 spiro atoms. The molecule has 0 fully saturated rings. The average Bonchev–Trinajstić information content (AvgIpc) is 2.25. The van der Waals surface area contributed by atoms with Crippen LogP contribution >= 0.6 is 0 Å². The summed E-state index contributed by atoms with van der Waals surface area (Å²) in [5.74, 6) is -0.0860. The maximum absolute atomic E-state index is 11.5. The molecule has 1 amide bonds. The van der Waals surface area contributed by atoms with Crippen molar-refractivity contribution in [3.05, 3.63) is 35.2 Å². The SMILES string of the molecule is CC(C)[C@H]1C(C(N)=O)=C(N)Oc2cc(O)ccc21. The van der Waals surface area contributed by atoms with Crippen molar-refractivity contribution < 1.29 is 14.6 Å². The van der Waals surface area contributed by atoms with Crippen molar-refractivity contribution in [1.29, 1.82) is 0 Å². The number of amides is 1. The molecule has 1 aromatic rings. The topological polar surface area (TPSA) is 98.6 Å². The van der Waals surface area contributed by atoms with Crippen molar-refractivity contribution in [3.63, 3.8) is 0 Å². The Morgan fingerprint density at radius 1 is 1.44 bits per heavy atom. The molecular weight excluding hydrogens is 232 g/mol. The van der Waals surface area contributed by atoms with Crippen LogP contribution in [0.2, 0.25) is 0 Å². The molecule has 0 radical (unpaired) electrons. The van der Waals surface area contributed by atoms with Gasteiger partial charge in [0.1, 0.15) is 11.5 Å². The Hall–Kier alpha value is -2.17. The summed E-state index contributed by atoms with van der Waals surface area (Å²) >= 11 is 0. The maximum atomic E-state index is 11.5. The third kappa shape index (κ3) is 1.88. The van der Waals surface area contributed by atoms with Crippen molar-refractivity contribution in [2.75, 3.05) is 0 Å². The number of carbonyl (C=O) groups excluding carboxylic acids is 1. The van der Waals surface area contributed by atoms with Crippen molar-refractivity contribution in [2.45, 2.75) is 19.8 Å². The average molecular weight is 248 g/mol. The first-order valence-electron chi connectivity index (χ1n) is 5.72. The molecule has 1 aromatic carbocycles. The monoisotopic (exact) mass is 248 g/mol. The van der Waals surface area contributed by atoms with Crippen LogP contribution in [0.1, 0.15) is 25.3 Å². The quantitative estimate of drug-likeness (QED) is 0.731. The molecule has 0 aliphatic carbocycles. The molecule has 5 N–H and O–H groups in total. The lowest BCUT2D eigenvalue weighted by atomic mass is 9.80. The van der Waals surface area contributed by atoms with Gasteiger partial charge in [0.25, 0.3) is 5.91 Å². The number of primary amides is 1. The first-order chi connectivity index (χ1) is 8.41. The molecule has 0 aromatic heterocycles. The zero-order valence-electron chi connectivity index (χ0n) is 10.3. The van der Waals surface area contributed by atoms with E-state index in [0.717, 1.165) is 5.56 Å². The van der Waals surface area contributed by atoms with Crippen LogP contribution in [0.5, 0.6) is 11.5 Å². The van der Waals surface area contributed by atoms with Gasteiger partial charge < -0.3 is 21.3 Å². The standard InChI is InChI=1S/C13H16N2O3/c1-6(2)10-8-4-3-7(16)5-9(8)18-13(15)11(10)12(14)17/h3-6,10,16H,15H2,1-2H3,(H2,14,17)/t10-/m1/s1. The van der Waals surface area contributed by atoms with Crippen LogP contribution in [0, 0.1) is 5.92 Å². The second-order valence-electron chi connectivity index (χ2n) is 4.69. The van der Waals surface area contributed by atoms with Gasteiger partial charge in [-0.2, -0.15) is 0 Å². The second kappa shape index (κ2) is 4.25. The van der Waals surface area contributed by atoms with Crippen molar-refractivity contribution >= 4 is 5.91 Å². The minimum atomic E-state index is -0.579. The van der Waals surface area contributed by atoms with Gasteiger partial charge in [-0.15, -0.1) is 0 Å². The molecule has 5 heteroatoms. The number of benzene rings is 1. The van der Waals surface area contributed by atoms with Crippen LogP contribution in [0.4, 0.5) is 0 Å². The Morgan fingerprint density at radius 3 is 2.67 bits per heavy atom. The van der Waals surface area contributed by atoms with Gasteiger partial charge in [-0.3, -0.25) is 4.79 Å². The van der Waals surface area contributed by atoms with Gasteiger partial charge in [0.05, 0.1) is 5.57 Å². The Morgan fingerprint density at radius 2 is 2.11 bits per heavy atom. The predicted octanol–water partition coefficient (Wildman–Crippen LogP) is 1.18. The molecule has 0 saturated heterocycles. The highest BCUT2D eigenvalue weighted by molar-refractivity contribution is 5.94. The molecule has 0 bridgehead atoms. The van der Waals surface area contributed by atoms with E-state index in [1.165, 1.54) is 6.07 Å². The van der Waals surface area contributed by atoms with Gasteiger partial charge in [-0.05, 0) is 12.0 Å². The Balaban J connectivity index is 2.61. The Labute approximate surface area is 105 Å². The van der Waals surface area contributed by atoms with Crippen LogP contribution in [0.25, 0.3) is 0 Å². The fourth-order valence-corrected chi connectivity index (χ4v) is 2.32. The van der Waals surface area contributed by atoms with E-state index in [4.69, 9.17) is 16.2 Å². The molecule has 18 heavy (non-hydrogen) atoms. The Bertz CT molecular complexity index is 535. The van der Waals surface area contributed by atoms with Crippen LogP contribution in [-0.4, -0.2) is 11.0 Å². The number of rotatable bonds is 2. The highest BCUT2D eigenvalue weighted by atomic mass is 16.5. The molecule has 0 unspecified atom stereocenters.